The minimum absolute atomic E-state index is 0.0358. The summed E-state index contributed by atoms with van der Waals surface area (Å²) in [6.07, 6.45) is 4.91. The molecule has 3 aliphatic rings. The molecule has 0 fully saturated rings. The zero-order valence-electron chi connectivity index (χ0n) is 39.0. The van der Waals surface area contributed by atoms with Gasteiger partial charge in [-0.25, -0.2) is 0 Å². The third-order valence-corrected chi connectivity index (χ3v) is 15.6. The number of benzene rings is 8. The van der Waals surface area contributed by atoms with Crippen molar-refractivity contribution < 1.29 is 4.42 Å². The molecule has 66 heavy (non-hydrogen) atoms. The smallest absolute Gasteiger partial charge is 0.136 e. The largest absolute Gasteiger partial charge is 0.456 e. The van der Waals surface area contributed by atoms with Crippen molar-refractivity contribution in [3.8, 4) is 33.4 Å². The second-order valence-electron chi connectivity index (χ2n) is 20.7. The van der Waals surface area contributed by atoms with Crippen LogP contribution in [0.15, 0.2) is 204 Å². The summed E-state index contributed by atoms with van der Waals surface area (Å²) in [6, 6.07) is 67.4. The number of allylic oxidation sites excluding steroid dienone is 4. The van der Waals surface area contributed by atoms with E-state index in [4.69, 9.17) is 4.42 Å². The molecule has 0 bridgehead atoms. The van der Waals surface area contributed by atoms with Gasteiger partial charge in [-0.1, -0.05) is 199 Å². The van der Waals surface area contributed by atoms with Gasteiger partial charge in [0.05, 0.1) is 5.69 Å². The van der Waals surface area contributed by atoms with Gasteiger partial charge in [-0.05, 0) is 133 Å². The van der Waals surface area contributed by atoms with Gasteiger partial charge in [0.2, 0.25) is 0 Å². The lowest BCUT2D eigenvalue weighted by Gasteiger charge is -2.41. The highest BCUT2D eigenvalue weighted by Crippen LogP contribution is 2.61. The van der Waals surface area contributed by atoms with E-state index in [2.05, 4.69) is 241 Å². The molecule has 0 spiro atoms. The maximum Gasteiger partial charge on any atom is 0.136 e. The quantitative estimate of drug-likeness (QED) is 0.166. The van der Waals surface area contributed by atoms with Crippen LogP contribution in [-0.4, -0.2) is 0 Å². The number of rotatable bonds is 6. The highest BCUT2D eigenvalue weighted by Gasteiger charge is 2.49. The van der Waals surface area contributed by atoms with Crippen molar-refractivity contribution in [3.05, 3.63) is 228 Å². The lowest BCUT2D eigenvalue weighted by atomic mass is 9.63. The van der Waals surface area contributed by atoms with E-state index in [0.717, 1.165) is 44.6 Å². The maximum atomic E-state index is 6.34. The van der Waals surface area contributed by atoms with E-state index >= 15 is 0 Å². The van der Waals surface area contributed by atoms with Gasteiger partial charge < -0.3 is 9.32 Å². The molecule has 0 N–H and O–H groups in total. The van der Waals surface area contributed by atoms with Crippen molar-refractivity contribution in [1.82, 2.24) is 0 Å². The third kappa shape index (κ3) is 5.86. The Balaban J connectivity index is 1.07. The van der Waals surface area contributed by atoms with E-state index in [0.29, 0.717) is 11.8 Å². The van der Waals surface area contributed by atoms with Crippen LogP contribution in [0, 0.1) is 17.3 Å². The van der Waals surface area contributed by atoms with Crippen LogP contribution in [0.4, 0.5) is 17.1 Å². The van der Waals surface area contributed by atoms with Gasteiger partial charge in [0.25, 0.3) is 0 Å². The SMILES string of the molecule is CC1C(C(C)(C)C)=CC=C2c3c(-c4ccccc4N(c4ccc(-c5cccc6oc7ccccc7c56)cc4)c4ccc5c(c4)C(C)(c4ccccc4)c4ccccc4-5)cccc3C(C)(C)C21. The molecule has 2 heteroatoms. The van der Waals surface area contributed by atoms with Crippen molar-refractivity contribution in [1.29, 1.82) is 0 Å². The topological polar surface area (TPSA) is 16.4 Å². The van der Waals surface area contributed by atoms with Gasteiger partial charge in [0.15, 0.2) is 0 Å². The Labute approximate surface area is 389 Å². The fourth-order valence-electron chi connectivity index (χ4n) is 12.7. The third-order valence-electron chi connectivity index (χ3n) is 15.6. The lowest BCUT2D eigenvalue weighted by molar-refractivity contribution is 0.298. The molecule has 3 atom stereocenters. The molecule has 1 heterocycles. The Kier molecular flexibility index (Phi) is 8.97. The van der Waals surface area contributed by atoms with Gasteiger partial charge in [-0.15, -0.1) is 0 Å². The number of furan rings is 1. The van der Waals surface area contributed by atoms with E-state index < -0.39 is 0 Å². The number of hydrogen-bond donors (Lipinski definition) is 0. The van der Waals surface area contributed by atoms with E-state index in [1.54, 1.807) is 0 Å². The molecule has 0 amide bonds. The van der Waals surface area contributed by atoms with Crippen LogP contribution in [0.5, 0.6) is 0 Å². The van der Waals surface area contributed by atoms with Crippen molar-refractivity contribution in [2.24, 2.45) is 17.3 Å². The average molecular weight is 854 g/mol. The molecule has 0 aliphatic heterocycles. The first-order chi connectivity index (χ1) is 31.9. The molecule has 0 saturated carbocycles. The average Bonchev–Trinajstić information content (AvgIpc) is 3.93. The Bertz CT molecular complexity index is 3460. The van der Waals surface area contributed by atoms with Crippen LogP contribution < -0.4 is 4.90 Å². The number of hydrogen-bond acceptors (Lipinski definition) is 2. The summed E-state index contributed by atoms with van der Waals surface area (Å²) in [5, 5.41) is 2.29. The Hall–Kier alpha value is -7.16. The van der Waals surface area contributed by atoms with Gasteiger partial charge >= 0.3 is 0 Å². The number of nitrogens with zero attached hydrogens (tertiary/aromatic N) is 1. The van der Waals surface area contributed by atoms with Crippen LogP contribution in [-0.2, 0) is 10.8 Å². The van der Waals surface area contributed by atoms with Crippen molar-refractivity contribution >= 4 is 44.6 Å². The summed E-state index contributed by atoms with van der Waals surface area (Å²) in [5.41, 5.74) is 22.1. The van der Waals surface area contributed by atoms with Crippen LogP contribution >= 0.6 is 0 Å². The first kappa shape index (κ1) is 40.4. The monoisotopic (exact) mass is 853 g/mol. The summed E-state index contributed by atoms with van der Waals surface area (Å²) >= 11 is 0. The summed E-state index contributed by atoms with van der Waals surface area (Å²) in [5.74, 6) is 0.806. The molecular weight excluding hydrogens is 799 g/mol. The van der Waals surface area contributed by atoms with Crippen LogP contribution in [0.1, 0.15) is 76.3 Å². The number of fused-ring (bicyclic) bond motifs is 9. The Morgan fingerprint density at radius 1 is 0.515 bits per heavy atom. The number of para-hydroxylation sites is 2. The minimum Gasteiger partial charge on any atom is -0.456 e. The molecule has 8 aromatic carbocycles. The minimum atomic E-state index is -0.339. The molecular formula is C64H55NO. The predicted molar refractivity (Wildman–Crippen MR) is 278 cm³/mol. The molecule has 1 aromatic heterocycles. The van der Waals surface area contributed by atoms with E-state index in [9.17, 15) is 0 Å². The first-order valence-electron chi connectivity index (χ1n) is 23.7. The normalized spacial score (nSPS) is 19.2. The highest BCUT2D eigenvalue weighted by atomic mass is 16.3. The summed E-state index contributed by atoms with van der Waals surface area (Å²) in [6.45, 7) is 16.9. The zero-order chi connectivity index (χ0) is 45.1. The Morgan fingerprint density at radius 2 is 1.14 bits per heavy atom. The molecule has 322 valence electrons. The molecule has 3 unspecified atom stereocenters. The molecule has 12 rings (SSSR count). The first-order valence-corrected chi connectivity index (χ1v) is 23.7. The zero-order valence-corrected chi connectivity index (χ0v) is 39.0. The summed E-state index contributed by atoms with van der Waals surface area (Å²) in [7, 11) is 0. The molecule has 0 radical (unpaired) electrons. The highest BCUT2D eigenvalue weighted by molar-refractivity contribution is 6.12. The van der Waals surface area contributed by atoms with Crippen LogP contribution in [0.3, 0.4) is 0 Å². The van der Waals surface area contributed by atoms with Gasteiger partial charge in [0, 0.05) is 33.1 Å². The van der Waals surface area contributed by atoms with Gasteiger partial charge in [-0.3, -0.25) is 0 Å². The lowest BCUT2D eigenvalue weighted by Crippen LogP contribution is -2.34. The summed E-state index contributed by atoms with van der Waals surface area (Å²) < 4.78 is 6.34. The van der Waals surface area contributed by atoms with Crippen molar-refractivity contribution in [2.75, 3.05) is 4.90 Å². The maximum absolute atomic E-state index is 6.34. The molecule has 3 aliphatic carbocycles. The van der Waals surface area contributed by atoms with Crippen molar-refractivity contribution in [3.63, 3.8) is 0 Å². The van der Waals surface area contributed by atoms with Crippen LogP contribution in [0.25, 0.3) is 60.9 Å². The second kappa shape index (κ2) is 14.7. The van der Waals surface area contributed by atoms with E-state index in [-0.39, 0.29) is 16.2 Å². The fraction of sp³-hybridized carbons (Fsp3) is 0.188. The van der Waals surface area contributed by atoms with E-state index in [1.165, 1.54) is 66.8 Å². The number of anilines is 3. The predicted octanol–water partition coefficient (Wildman–Crippen LogP) is 17.6. The van der Waals surface area contributed by atoms with Gasteiger partial charge in [0.1, 0.15) is 11.2 Å². The second-order valence-corrected chi connectivity index (χ2v) is 20.7. The Morgan fingerprint density at radius 3 is 1.94 bits per heavy atom. The van der Waals surface area contributed by atoms with Gasteiger partial charge in [-0.2, -0.15) is 0 Å². The molecule has 9 aromatic rings. The van der Waals surface area contributed by atoms with Crippen LogP contribution in [0.2, 0.25) is 0 Å². The summed E-state index contributed by atoms with van der Waals surface area (Å²) in [4.78, 5) is 2.51. The molecule has 2 nitrogen and oxygen atoms in total. The fourth-order valence-corrected chi connectivity index (χ4v) is 12.7. The standard InChI is InChI=1S/C64H55NO/c1-40-52(62(2,3)4)38-37-51-59-49(25-17-27-54(59)63(5,6)61(40)51)48-22-12-15-28-56(48)65(43-33-31-41(32-34-43)45-24-18-30-58-60(45)50-23-13-16-29-57(50)66-58)44-35-36-47-46-21-11-14-26-53(46)64(7,55(47)39-44)42-19-9-8-10-20-42/h8-40,61H,1-7H3. The van der Waals surface area contributed by atoms with Crippen molar-refractivity contribution in [2.45, 2.75) is 59.3 Å². The van der Waals surface area contributed by atoms with E-state index in [1.807, 2.05) is 6.07 Å². The molecule has 0 saturated heterocycles.